The third kappa shape index (κ3) is 2.45. The van der Waals surface area contributed by atoms with Gasteiger partial charge in [0.1, 0.15) is 0 Å². The van der Waals surface area contributed by atoms with Crippen molar-refractivity contribution in [3.63, 3.8) is 0 Å². The Bertz CT molecular complexity index is 309. The molecule has 0 aliphatic heterocycles. The van der Waals surface area contributed by atoms with E-state index in [0.29, 0.717) is 5.41 Å². The zero-order valence-corrected chi connectivity index (χ0v) is 10.6. The smallest absolute Gasteiger partial charge is 0.206 e. The largest absolute Gasteiger partial charge is 0.360 e. The van der Waals surface area contributed by atoms with Gasteiger partial charge in [0.2, 0.25) is 5.13 Å². The summed E-state index contributed by atoms with van der Waals surface area (Å²) in [6, 6.07) is 0. The van der Waals surface area contributed by atoms with Crippen molar-refractivity contribution in [3.8, 4) is 0 Å². The Kier molecular flexibility index (Phi) is 3.07. The van der Waals surface area contributed by atoms with Gasteiger partial charge < -0.3 is 5.32 Å². The van der Waals surface area contributed by atoms with Gasteiger partial charge in [-0.3, -0.25) is 0 Å². The third-order valence-corrected chi connectivity index (χ3v) is 4.07. The Morgan fingerprint density at radius 2 is 2.29 bits per heavy atom. The Balaban J connectivity index is 1.82. The van der Waals surface area contributed by atoms with E-state index in [1.165, 1.54) is 25.7 Å². The summed E-state index contributed by atoms with van der Waals surface area (Å²) >= 11 is 4.86. The number of aromatic nitrogens is 2. The standard InChI is InChI=1S/C9H14BrN3S/c1-2-3-9(4-5-9)6-11-8-13-12-7(10)14-8/h2-6H2,1H3,(H,11,13). The normalized spacial score (nSPS) is 18.1. The van der Waals surface area contributed by atoms with Crippen molar-refractivity contribution < 1.29 is 0 Å². The molecule has 1 aromatic heterocycles. The zero-order valence-electron chi connectivity index (χ0n) is 8.22. The van der Waals surface area contributed by atoms with Gasteiger partial charge in [-0.15, -0.1) is 10.2 Å². The first-order chi connectivity index (χ1) is 6.74. The van der Waals surface area contributed by atoms with Crippen molar-refractivity contribution in [2.24, 2.45) is 5.41 Å². The third-order valence-electron chi connectivity index (χ3n) is 2.75. The number of nitrogens with one attached hydrogen (secondary N) is 1. The molecule has 1 aliphatic rings. The van der Waals surface area contributed by atoms with Crippen LogP contribution in [-0.2, 0) is 0 Å². The fourth-order valence-corrected chi connectivity index (χ4v) is 2.77. The Hall–Kier alpha value is -0.160. The first kappa shape index (κ1) is 10.4. The van der Waals surface area contributed by atoms with Crippen LogP contribution in [0.3, 0.4) is 0 Å². The lowest BCUT2D eigenvalue weighted by atomic mass is 10.0. The van der Waals surface area contributed by atoms with Gasteiger partial charge in [0.25, 0.3) is 0 Å². The molecular weight excluding hydrogens is 262 g/mol. The monoisotopic (exact) mass is 275 g/mol. The SMILES string of the molecule is CCCC1(CNc2nnc(Br)s2)CC1. The summed E-state index contributed by atoms with van der Waals surface area (Å²) in [6.07, 6.45) is 5.35. The van der Waals surface area contributed by atoms with Gasteiger partial charge in [-0.25, -0.2) is 0 Å². The average molecular weight is 276 g/mol. The summed E-state index contributed by atoms with van der Waals surface area (Å²) in [5.74, 6) is 0. The Morgan fingerprint density at radius 3 is 2.79 bits per heavy atom. The maximum Gasteiger partial charge on any atom is 0.206 e. The van der Waals surface area contributed by atoms with Crippen molar-refractivity contribution in [2.45, 2.75) is 32.6 Å². The minimum atomic E-state index is 0.576. The van der Waals surface area contributed by atoms with Crippen LogP contribution in [0.15, 0.2) is 3.92 Å². The number of rotatable bonds is 5. The molecule has 78 valence electrons. The highest BCUT2D eigenvalue weighted by molar-refractivity contribution is 9.11. The van der Waals surface area contributed by atoms with Crippen LogP contribution in [0, 0.1) is 5.41 Å². The maximum atomic E-state index is 4.02. The highest BCUT2D eigenvalue weighted by Crippen LogP contribution is 2.49. The number of hydrogen-bond acceptors (Lipinski definition) is 4. The predicted molar refractivity (Wildman–Crippen MR) is 62.7 cm³/mol. The van der Waals surface area contributed by atoms with Gasteiger partial charge in [0, 0.05) is 6.54 Å². The van der Waals surface area contributed by atoms with E-state index in [-0.39, 0.29) is 0 Å². The minimum Gasteiger partial charge on any atom is -0.360 e. The second-order valence-corrected chi connectivity index (χ2v) is 6.22. The van der Waals surface area contributed by atoms with Crippen LogP contribution < -0.4 is 5.32 Å². The molecule has 3 nitrogen and oxygen atoms in total. The molecule has 0 radical (unpaired) electrons. The predicted octanol–water partition coefficient (Wildman–Crippen LogP) is 3.29. The first-order valence-electron chi connectivity index (χ1n) is 4.97. The molecule has 14 heavy (non-hydrogen) atoms. The van der Waals surface area contributed by atoms with Crippen LogP contribution in [0.5, 0.6) is 0 Å². The van der Waals surface area contributed by atoms with E-state index in [0.717, 1.165) is 15.6 Å². The lowest BCUT2D eigenvalue weighted by Crippen LogP contribution is -2.14. The van der Waals surface area contributed by atoms with Crippen LogP contribution in [0.4, 0.5) is 5.13 Å². The fourth-order valence-electron chi connectivity index (χ4n) is 1.76. The molecular formula is C9H14BrN3S. The molecule has 1 saturated carbocycles. The lowest BCUT2D eigenvalue weighted by molar-refractivity contribution is 0.485. The second kappa shape index (κ2) is 4.14. The average Bonchev–Trinajstić information content (AvgIpc) is 2.80. The summed E-state index contributed by atoms with van der Waals surface area (Å²) in [7, 11) is 0. The van der Waals surface area contributed by atoms with Crippen LogP contribution in [0.25, 0.3) is 0 Å². The Labute approximate surface area is 96.4 Å². The van der Waals surface area contributed by atoms with Gasteiger partial charge in [-0.1, -0.05) is 24.7 Å². The van der Waals surface area contributed by atoms with E-state index in [1.807, 2.05) is 0 Å². The number of hydrogen-bond donors (Lipinski definition) is 1. The summed E-state index contributed by atoms with van der Waals surface area (Å²) in [5.41, 5.74) is 0.576. The van der Waals surface area contributed by atoms with Crippen molar-refractivity contribution >= 4 is 32.4 Å². The summed E-state index contributed by atoms with van der Waals surface area (Å²) in [5, 5.41) is 12.2. The molecule has 5 heteroatoms. The zero-order chi connectivity index (χ0) is 10.0. The quantitative estimate of drug-likeness (QED) is 0.896. The van der Waals surface area contributed by atoms with E-state index < -0.39 is 0 Å². The molecule has 0 atom stereocenters. The maximum absolute atomic E-state index is 4.02. The van der Waals surface area contributed by atoms with Gasteiger partial charge in [-0.2, -0.15) is 0 Å². The van der Waals surface area contributed by atoms with Crippen molar-refractivity contribution in [2.75, 3.05) is 11.9 Å². The van der Waals surface area contributed by atoms with E-state index in [1.54, 1.807) is 11.3 Å². The number of anilines is 1. The van der Waals surface area contributed by atoms with Crippen LogP contribution >= 0.6 is 27.3 Å². The van der Waals surface area contributed by atoms with Gasteiger partial charge in [0.15, 0.2) is 3.92 Å². The van der Waals surface area contributed by atoms with E-state index in [4.69, 9.17) is 0 Å². The van der Waals surface area contributed by atoms with E-state index >= 15 is 0 Å². The number of nitrogens with zero attached hydrogens (tertiary/aromatic N) is 2. The van der Waals surface area contributed by atoms with Gasteiger partial charge in [-0.05, 0) is 40.6 Å². The van der Waals surface area contributed by atoms with Crippen molar-refractivity contribution in [1.29, 1.82) is 0 Å². The van der Waals surface area contributed by atoms with Crippen LogP contribution in [0.1, 0.15) is 32.6 Å². The minimum absolute atomic E-state index is 0.576. The van der Waals surface area contributed by atoms with Crippen LogP contribution in [0.2, 0.25) is 0 Å². The molecule has 1 aliphatic carbocycles. The summed E-state index contributed by atoms with van der Waals surface area (Å²) < 4.78 is 0.848. The summed E-state index contributed by atoms with van der Waals surface area (Å²) in [6.45, 7) is 3.31. The molecule has 0 aromatic carbocycles. The molecule has 0 unspecified atom stereocenters. The van der Waals surface area contributed by atoms with E-state index in [9.17, 15) is 0 Å². The molecule has 0 spiro atoms. The molecule has 2 rings (SSSR count). The molecule has 1 aromatic rings. The van der Waals surface area contributed by atoms with Gasteiger partial charge in [0.05, 0.1) is 0 Å². The molecule has 0 saturated heterocycles. The summed E-state index contributed by atoms with van der Waals surface area (Å²) in [4.78, 5) is 0. The van der Waals surface area contributed by atoms with Crippen molar-refractivity contribution in [1.82, 2.24) is 10.2 Å². The second-order valence-electron chi connectivity index (χ2n) is 3.96. The Morgan fingerprint density at radius 1 is 1.50 bits per heavy atom. The first-order valence-corrected chi connectivity index (χ1v) is 6.58. The molecule has 1 fully saturated rings. The van der Waals surface area contributed by atoms with E-state index in [2.05, 4.69) is 38.4 Å². The highest BCUT2D eigenvalue weighted by atomic mass is 79.9. The van der Waals surface area contributed by atoms with Crippen LogP contribution in [-0.4, -0.2) is 16.7 Å². The molecule has 1 heterocycles. The topological polar surface area (TPSA) is 37.8 Å². The van der Waals surface area contributed by atoms with Crippen molar-refractivity contribution in [3.05, 3.63) is 3.92 Å². The number of halogens is 1. The molecule has 0 bridgehead atoms. The molecule has 1 N–H and O–H groups in total. The van der Waals surface area contributed by atoms with Gasteiger partial charge >= 0.3 is 0 Å². The fraction of sp³-hybridized carbons (Fsp3) is 0.778. The highest BCUT2D eigenvalue weighted by Gasteiger charge is 2.41. The molecule has 0 amide bonds. The lowest BCUT2D eigenvalue weighted by Gasteiger charge is -2.13.